The maximum absolute atomic E-state index is 12.3. The predicted octanol–water partition coefficient (Wildman–Crippen LogP) is 4.29. The van der Waals surface area contributed by atoms with E-state index in [4.69, 9.17) is 9.47 Å². The Labute approximate surface area is 150 Å². The number of rotatable bonds is 6. The molecule has 0 aliphatic heterocycles. The van der Waals surface area contributed by atoms with Crippen molar-refractivity contribution in [3.05, 3.63) is 70.2 Å². The van der Waals surface area contributed by atoms with Crippen LogP contribution in [-0.2, 0) is 6.61 Å². The molecule has 2 heterocycles. The summed E-state index contributed by atoms with van der Waals surface area (Å²) in [4.78, 5) is 16.8. The van der Waals surface area contributed by atoms with E-state index in [2.05, 4.69) is 10.3 Å². The van der Waals surface area contributed by atoms with Crippen LogP contribution >= 0.6 is 11.3 Å². The number of hydrogen-bond acceptors (Lipinski definition) is 5. The Kier molecular flexibility index (Phi) is 5.30. The molecule has 6 heteroatoms. The van der Waals surface area contributed by atoms with Gasteiger partial charge in [0.1, 0.15) is 6.61 Å². The van der Waals surface area contributed by atoms with Crippen LogP contribution in [0.2, 0.25) is 0 Å². The number of aryl methyl sites for hydroxylation is 1. The molecule has 128 valence electrons. The van der Waals surface area contributed by atoms with E-state index in [1.165, 1.54) is 11.3 Å². The molecule has 0 bridgehead atoms. The maximum atomic E-state index is 12.3. The van der Waals surface area contributed by atoms with Crippen LogP contribution in [0.25, 0.3) is 0 Å². The second-order valence-electron chi connectivity index (χ2n) is 5.45. The van der Waals surface area contributed by atoms with Crippen LogP contribution in [0.5, 0.6) is 11.5 Å². The van der Waals surface area contributed by atoms with E-state index in [1.807, 2.05) is 36.6 Å². The molecule has 0 aliphatic carbocycles. The van der Waals surface area contributed by atoms with Gasteiger partial charge < -0.3 is 14.8 Å². The number of benzene rings is 1. The molecule has 3 aromatic rings. The Morgan fingerprint density at radius 1 is 1.16 bits per heavy atom. The van der Waals surface area contributed by atoms with E-state index < -0.39 is 0 Å². The average Bonchev–Trinajstić information content (AvgIpc) is 3.10. The smallest absolute Gasteiger partial charge is 0.265 e. The lowest BCUT2D eigenvalue weighted by Crippen LogP contribution is -2.10. The molecule has 0 unspecified atom stereocenters. The molecule has 0 atom stereocenters. The number of amides is 1. The third-order valence-corrected chi connectivity index (χ3v) is 4.51. The summed E-state index contributed by atoms with van der Waals surface area (Å²) in [5.74, 6) is 1.24. The first kappa shape index (κ1) is 17.0. The zero-order valence-electron chi connectivity index (χ0n) is 14.0. The minimum Gasteiger partial charge on any atom is -0.493 e. The van der Waals surface area contributed by atoms with Gasteiger partial charge >= 0.3 is 0 Å². The van der Waals surface area contributed by atoms with Crippen molar-refractivity contribution in [3.63, 3.8) is 0 Å². The zero-order chi connectivity index (χ0) is 17.6. The third-order valence-electron chi connectivity index (χ3n) is 3.53. The van der Waals surface area contributed by atoms with Gasteiger partial charge in [-0.15, -0.1) is 11.3 Å². The number of pyridine rings is 1. The highest BCUT2D eigenvalue weighted by Crippen LogP contribution is 2.29. The predicted molar refractivity (Wildman–Crippen MR) is 98.6 cm³/mol. The molecule has 0 saturated heterocycles. The van der Waals surface area contributed by atoms with Gasteiger partial charge in [-0.2, -0.15) is 0 Å². The Morgan fingerprint density at radius 3 is 2.72 bits per heavy atom. The van der Waals surface area contributed by atoms with Crippen molar-refractivity contribution in [2.45, 2.75) is 13.5 Å². The summed E-state index contributed by atoms with van der Waals surface area (Å²) in [6.07, 6.45) is 3.27. The topological polar surface area (TPSA) is 60.5 Å². The number of nitrogens with one attached hydrogen (secondary N) is 1. The second-order valence-corrected chi connectivity index (χ2v) is 6.36. The second kappa shape index (κ2) is 7.81. The molecule has 0 spiro atoms. The lowest BCUT2D eigenvalue weighted by molar-refractivity contribution is 0.103. The van der Waals surface area contributed by atoms with E-state index in [1.54, 1.807) is 31.6 Å². The SMILES string of the molecule is COc1cc(C)ccc1OCc1csc(C(=O)Nc2ccncc2)c1. The number of anilines is 1. The fourth-order valence-electron chi connectivity index (χ4n) is 2.25. The standard InChI is InChI=1S/C19H18N2O3S/c1-13-3-4-16(17(9-13)23-2)24-11-14-10-18(25-12-14)19(22)21-15-5-7-20-8-6-15/h3-10,12H,11H2,1-2H3,(H,20,21,22). The number of nitrogens with zero attached hydrogens (tertiary/aromatic N) is 1. The summed E-state index contributed by atoms with van der Waals surface area (Å²) < 4.78 is 11.2. The molecule has 0 saturated carbocycles. The highest BCUT2D eigenvalue weighted by Gasteiger charge is 2.11. The van der Waals surface area contributed by atoms with Crippen LogP contribution in [0.1, 0.15) is 20.8 Å². The number of methoxy groups -OCH3 is 1. The molecule has 1 N–H and O–H groups in total. The number of aromatic nitrogens is 1. The molecule has 5 nitrogen and oxygen atoms in total. The van der Waals surface area contributed by atoms with Crippen molar-refractivity contribution in [1.29, 1.82) is 0 Å². The quantitative estimate of drug-likeness (QED) is 0.717. The van der Waals surface area contributed by atoms with Crippen molar-refractivity contribution in [1.82, 2.24) is 4.98 Å². The van der Waals surface area contributed by atoms with Gasteiger partial charge in [0.2, 0.25) is 0 Å². The van der Waals surface area contributed by atoms with Crippen molar-refractivity contribution in [3.8, 4) is 11.5 Å². The third kappa shape index (κ3) is 4.36. The Balaban J connectivity index is 1.63. The molecule has 2 aromatic heterocycles. The van der Waals surface area contributed by atoms with Gasteiger partial charge in [0, 0.05) is 23.6 Å². The number of carbonyl (C=O) groups excluding carboxylic acids is 1. The Morgan fingerprint density at radius 2 is 1.96 bits per heavy atom. The average molecular weight is 354 g/mol. The summed E-state index contributed by atoms with van der Waals surface area (Å²) in [7, 11) is 1.62. The fraction of sp³-hybridized carbons (Fsp3) is 0.158. The van der Waals surface area contributed by atoms with Gasteiger partial charge in [0.25, 0.3) is 5.91 Å². The first-order valence-corrected chi connectivity index (χ1v) is 8.60. The minimum absolute atomic E-state index is 0.143. The van der Waals surface area contributed by atoms with Gasteiger partial charge in [-0.3, -0.25) is 9.78 Å². The monoisotopic (exact) mass is 354 g/mol. The van der Waals surface area contributed by atoms with Crippen LogP contribution < -0.4 is 14.8 Å². The van der Waals surface area contributed by atoms with Gasteiger partial charge in [0.15, 0.2) is 11.5 Å². The van der Waals surface area contributed by atoms with Crippen LogP contribution in [0.15, 0.2) is 54.2 Å². The maximum Gasteiger partial charge on any atom is 0.265 e. The number of thiophene rings is 1. The number of ether oxygens (including phenoxy) is 2. The van der Waals surface area contributed by atoms with Crippen molar-refractivity contribution in [2.24, 2.45) is 0 Å². The van der Waals surface area contributed by atoms with Gasteiger partial charge in [-0.25, -0.2) is 0 Å². The molecular formula is C19H18N2O3S. The molecule has 1 aromatic carbocycles. The Hall–Kier alpha value is -2.86. The highest BCUT2D eigenvalue weighted by molar-refractivity contribution is 7.12. The largest absolute Gasteiger partial charge is 0.493 e. The molecule has 0 aliphatic rings. The number of carbonyl (C=O) groups is 1. The molecule has 25 heavy (non-hydrogen) atoms. The summed E-state index contributed by atoms with van der Waals surface area (Å²) in [5, 5.41) is 4.76. The molecular weight excluding hydrogens is 336 g/mol. The zero-order valence-corrected chi connectivity index (χ0v) is 14.8. The molecule has 0 fully saturated rings. The van der Waals surface area contributed by atoms with Crippen molar-refractivity contribution in [2.75, 3.05) is 12.4 Å². The lowest BCUT2D eigenvalue weighted by Gasteiger charge is -2.10. The first-order chi connectivity index (χ1) is 12.2. The summed E-state index contributed by atoms with van der Waals surface area (Å²) in [6, 6.07) is 11.1. The normalized spacial score (nSPS) is 10.3. The van der Waals surface area contributed by atoms with E-state index >= 15 is 0 Å². The van der Waals surface area contributed by atoms with E-state index in [9.17, 15) is 4.79 Å². The van der Waals surface area contributed by atoms with Crippen LogP contribution in [0, 0.1) is 6.92 Å². The van der Waals surface area contributed by atoms with Gasteiger partial charge in [0.05, 0.1) is 12.0 Å². The van der Waals surface area contributed by atoms with E-state index in [0.717, 1.165) is 16.8 Å². The van der Waals surface area contributed by atoms with Crippen molar-refractivity contribution >= 4 is 22.9 Å². The van der Waals surface area contributed by atoms with E-state index in [-0.39, 0.29) is 5.91 Å². The highest BCUT2D eigenvalue weighted by atomic mass is 32.1. The summed E-state index contributed by atoms with van der Waals surface area (Å²) in [6.45, 7) is 2.37. The molecule has 3 rings (SSSR count). The summed E-state index contributed by atoms with van der Waals surface area (Å²) in [5.41, 5.74) is 2.76. The minimum atomic E-state index is -0.143. The van der Waals surface area contributed by atoms with Crippen LogP contribution in [0.4, 0.5) is 5.69 Å². The Bertz CT molecular complexity index is 862. The van der Waals surface area contributed by atoms with Crippen LogP contribution in [-0.4, -0.2) is 18.0 Å². The van der Waals surface area contributed by atoms with Crippen molar-refractivity contribution < 1.29 is 14.3 Å². The lowest BCUT2D eigenvalue weighted by atomic mass is 10.2. The first-order valence-electron chi connectivity index (χ1n) is 7.72. The van der Waals surface area contributed by atoms with Gasteiger partial charge in [-0.1, -0.05) is 6.07 Å². The molecule has 1 amide bonds. The molecule has 0 radical (unpaired) electrons. The number of hydrogen-bond donors (Lipinski definition) is 1. The summed E-state index contributed by atoms with van der Waals surface area (Å²) >= 11 is 1.39. The van der Waals surface area contributed by atoms with E-state index in [0.29, 0.717) is 23.0 Å². The fourth-order valence-corrected chi connectivity index (χ4v) is 3.05. The van der Waals surface area contributed by atoms with Crippen LogP contribution in [0.3, 0.4) is 0 Å². The van der Waals surface area contributed by atoms with Gasteiger partial charge in [-0.05, 0) is 48.2 Å².